The van der Waals surface area contributed by atoms with Crippen LogP contribution in [0.1, 0.15) is 13.8 Å². The highest BCUT2D eigenvalue weighted by Gasteiger charge is 2.11. The zero-order valence-electron chi connectivity index (χ0n) is 5.80. The first kappa shape index (κ1) is 10.7. The number of rotatable bonds is 3. The normalized spacial score (nSPS) is 12.4. The number of halogens is 2. The Morgan fingerprint density at radius 1 is 1.60 bits per heavy atom. The molecule has 6 heteroatoms. The standard InChI is InChI=1S/C4H9Cl2O2PSi/c1-4(2)3-10-8-9(5,6)7/h3H,10H2,1-2H3. The minimum Gasteiger partial charge on any atom is -0.351 e. The molecule has 0 saturated carbocycles. The van der Waals surface area contributed by atoms with Crippen LogP contribution in [0.15, 0.2) is 11.3 Å². The lowest BCUT2D eigenvalue weighted by Crippen LogP contribution is -1.87. The number of allylic oxidation sites excluding steroid dienone is 1. The van der Waals surface area contributed by atoms with Crippen LogP contribution < -0.4 is 0 Å². The Morgan fingerprint density at radius 2 is 2.10 bits per heavy atom. The Balaban J connectivity index is 3.58. The highest BCUT2D eigenvalue weighted by atomic mass is 35.9. The van der Waals surface area contributed by atoms with Gasteiger partial charge >= 0.3 is 6.07 Å². The summed E-state index contributed by atoms with van der Waals surface area (Å²) in [4.78, 5) is 0. The second-order valence-corrected chi connectivity index (χ2v) is 7.78. The van der Waals surface area contributed by atoms with Gasteiger partial charge < -0.3 is 4.21 Å². The maximum atomic E-state index is 10.5. The fourth-order valence-corrected chi connectivity index (χ4v) is 2.63. The van der Waals surface area contributed by atoms with Gasteiger partial charge in [0.05, 0.1) is 0 Å². The van der Waals surface area contributed by atoms with Gasteiger partial charge in [0.1, 0.15) is 0 Å². The van der Waals surface area contributed by atoms with E-state index in [1.165, 1.54) is 0 Å². The second kappa shape index (κ2) is 4.57. The zero-order valence-corrected chi connectivity index (χ0v) is 9.62. The van der Waals surface area contributed by atoms with Crippen molar-refractivity contribution in [3.63, 3.8) is 0 Å². The summed E-state index contributed by atoms with van der Waals surface area (Å²) in [5.74, 6) is 0. The highest BCUT2D eigenvalue weighted by molar-refractivity contribution is 8.05. The highest BCUT2D eigenvalue weighted by Crippen LogP contribution is 2.57. The summed E-state index contributed by atoms with van der Waals surface area (Å²) in [6.07, 6.45) is -3.26. The lowest BCUT2D eigenvalue weighted by molar-refractivity contribution is 0.529. The van der Waals surface area contributed by atoms with E-state index in [-0.39, 0.29) is 0 Å². The third-order valence-corrected chi connectivity index (χ3v) is 5.25. The molecular formula is C4H9Cl2O2PSi. The van der Waals surface area contributed by atoms with Crippen molar-refractivity contribution in [1.82, 2.24) is 0 Å². The van der Waals surface area contributed by atoms with Crippen LogP contribution >= 0.6 is 28.6 Å². The predicted molar refractivity (Wildman–Crippen MR) is 48.4 cm³/mol. The molecular weight excluding hydrogens is 210 g/mol. The van der Waals surface area contributed by atoms with Gasteiger partial charge in [-0.15, -0.1) is 0 Å². The van der Waals surface area contributed by atoms with Gasteiger partial charge in [-0.25, -0.2) is 0 Å². The maximum Gasteiger partial charge on any atom is 0.370 e. The van der Waals surface area contributed by atoms with Crippen molar-refractivity contribution >= 4 is 38.3 Å². The summed E-state index contributed by atoms with van der Waals surface area (Å²) in [6, 6.07) is 0. The van der Waals surface area contributed by atoms with Crippen molar-refractivity contribution in [2.45, 2.75) is 13.8 Å². The molecule has 0 radical (unpaired) electrons. The summed E-state index contributed by atoms with van der Waals surface area (Å²) < 4.78 is 15.2. The third-order valence-electron chi connectivity index (χ3n) is 0.716. The summed E-state index contributed by atoms with van der Waals surface area (Å²) in [5, 5.41) is 0. The molecule has 0 spiro atoms. The van der Waals surface area contributed by atoms with E-state index in [1.54, 1.807) is 0 Å². The molecule has 0 rings (SSSR count). The molecule has 2 nitrogen and oxygen atoms in total. The maximum absolute atomic E-state index is 10.5. The molecule has 60 valence electrons. The molecule has 0 aromatic rings. The summed E-state index contributed by atoms with van der Waals surface area (Å²) >= 11 is 10.2. The number of hydrogen-bond donors (Lipinski definition) is 0. The van der Waals surface area contributed by atoms with Gasteiger partial charge in [0, 0.05) is 0 Å². The van der Waals surface area contributed by atoms with Gasteiger partial charge in [0.2, 0.25) is 0 Å². The summed E-state index contributed by atoms with van der Waals surface area (Å²) in [6.45, 7) is 3.87. The van der Waals surface area contributed by atoms with Gasteiger partial charge in [-0.1, -0.05) is 11.3 Å². The van der Waals surface area contributed by atoms with Crippen molar-refractivity contribution in [3.8, 4) is 0 Å². The average molecular weight is 219 g/mol. The lowest BCUT2D eigenvalue weighted by atomic mass is 10.4. The van der Waals surface area contributed by atoms with E-state index in [1.807, 2.05) is 19.5 Å². The van der Waals surface area contributed by atoms with Crippen LogP contribution in [0.4, 0.5) is 0 Å². The van der Waals surface area contributed by atoms with Crippen LogP contribution in [0, 0.1) is 0 Å². The zero-order chi connectivity index (χ0) is 8.20. The van der Waals surface area contributed by atoms with Gasteiger partial charge in [-0.3, -0.25) is 4.57 Å². The molecule has 0 amide bonds. The van der Waals surface area contributed by atoms with Crippen LogP contribution in [0.5, 0.6) is 0 Å². The topological polar surface area (TPSA) is 26.3 Å². The molecule has 0 saturated heterocycles. The molecule has 0 atom stereocenters. The van der Waals surface area contributed by atoms with Crippen molar-refractivity contribution in [1.29, 1.82) is 0 Å². The largest absolute Gasteiger partial charge is 0.370 e. The van der Waals surface area contributed by atoms with Gasteiger partial charge in [-0.05, 0) is 36.3 Å². The molecule has 0 aliphatic carbocycles. The summed E-state index contributed by atoms with van der Waals surface area (Å²) in [7, 11) is -0.929. The van der Waals surface area contributed by atoms with Gasteiger partial charge in [0.25, 0.3) is 0 Å². The van der Waals surface area contributed by atoms with E-state index in [9.17, 15) is 4.57 Å². The minimum absolute atomic E-state index is 0.929. The Kier molecular flexibility index (Phi) is 4.91. The van der Waals surface area contributed by atoms with E-state index < -0.39 is 15.8 Å². The molecule has 0 aromatic heterocycles. The molecule has 10 heavy (non-hydrogen) atoms. The first-order chi connectivity index (χ1) is 4.42. The molecule has 0 aromatic carbocycles. The second-order valence-electron chi connectivity index (χ2n) is 1.99. The van der Waals surface area contributed by atoms with Crippen LogP contribution in [-0.2, 0) is 8.78 Å². The van der Waals surface area contributed by atoms with E-state index in [0.717, 1.165) is 5.57 Å². The predicted octanol–water partition coefficient (Wildman–Crippen LogP) is 2.60. The van der Waals surface area contributed by atoms with Gasteiger partial charge in [-0.2, -0.15) is 0 Å². The van der Waals surface area contributed by atoms with Crippen LogP contribution in [-0.4, -0.2) is 9.76 Å². The van der Waals surface area contributed by atoms with Crippen LogP contribution in [0.3, 0.4) is 0 Å². The van der Waals surface area contributed by atoms with Crippen molar-refractivity contribution < 1.29 is 8.78 Å². The Labute approximate surface area is 72.5 Å². The smallest absolute Gasteiger partial charge is 0.351 e. The fraction of sp³-hybridized carbons (Fsp3) is 0.500. The molecule has 0 aliphatic heterocycles. The molecule has 0 N–H and O–H groups in total. The van der Waals surface area contributed by atoms with Crippen LogP contribution in [0.25, 0.3) is 0 Å². The van der Waals surface area contributed by atoms with Crippen molar-refractivity contribution in [2.24, 2.45) is 0 Å². The average Bonchev–Trinajstić information content (AvgIpc) is 1.59. The molecule has 0 heterocycles. The van der Waals surface area contributed by atoms with E-state index in [0.29, 0.717) is 0 Å². The molecule has 0 aliphatic rings. The molecule has 0 unspecified atom stereocenters. The Morgan fingerprint density at radius 3 is 2.40 bits per heavy atom. The fourth-order valence-electron chi connectivity index (χ4n) is 0.291. The minimum atomic E-state index is -3.26. The van der Waals surface area contributed by atoms with Crippen LogP contribution in [0.2, 0.25) is 0 Å². The van der Waals surface area contributed by atoms with E-state index in [4.69, 9.17) is 22.5 Å². The summed E-state index contributed by atoms with van der Waals surface area (Å²) in [5.41, 5.74) is 3.02. The Bertz CT molecular complexity index is 172. The molecule has 0 bridgehead atoms. The first-order valence-electron chi connectivity index (χ1n) is 2.69. The van der Waals surface area contributed by atoms with Crippen molar-refractivity contribution in [3.05, 3.63) is 11.3 Å². The monoisotopic (exact) mass is 218 g/mol. The SMILES string of the molecule is CC(C)=C[SiH2]OP(=O)(Cl)Cl. The van der Waals surface area contributed by atoms with Gasteiger partial charge in [0.15, 0.2) is 9.76 Å². The Hall–Kier alpha value is 0.727. The lowest BCUT2D eigenvalue weighted by Gasteiger charge is -1.99. The van der Waals surface area contributed by atoms with E-state index >= 15 is 0 Å². The quantitative estimate of drug-likeness (QED) is 0.538. The molecule has 0 fully saturated rings. The van der Waals surface area contributed by atoms with E-state index in [2.05, 4.69) is 4.21 Å². The number of hydrogen-bond acceptors (Lipinski definition) is 2. The first-order valence-corrected chi connectivity index (χ1v) is 7.52. The third kappa shape index (κ3) is 8.73. The van der Waals surface area contributed by atoms with Crippen molar-refractivity contribution in [2.75, 3.05) is 0 Å².